The quantitative estimate of drug-likeness (QED) is 0.287. The van der Waals surface area contributed by atoms with Crippen molar-refractivity contribution in [3.8, 4) is 0 Å². The van der Waals surface area contributed by atoms with Crippen LogP contribution in [0.2, 0.25) is 0 Å². The molecule has 0 aromatic rings. The standard InChI is InChI=1S/C21H38/c1-3-5-7-9-11-13-16-20-18-15-19-21(20)17-14-12-10-8-6-4-2/h18-19H,3-17H2,1-2H3. The van der Waals surface area contributed by atoms with Crippen LogP contribution in [0.15, 0.2) is 23.3 Å². The molecule has 0 atom stereocenters. The molecule has 122 valence electrons. The van der Waals surface area contributed by atoms with Crippen molar-refractivity contribution < 1.29 is 0 Å². The van der Waals surface area contributed by atoms with E-state index >= 15 is 0 Å². The maximum atomic E-state index is 2.48. The van der Waals surface area contributed by atoms with Crippen molar-refractivity contribution in [2.75, 3.05) is 0 Å². The summed E-state index contributed by atoms with van der Waals surface area (Å²) >= 11 is 0. The highest BCUT2D eigenvalue weighted by atomic mass is 14.1. The van der Waals surface area contributed by atoms with Crippen molar-refractivity contribution in [3.63, 3.8) is 0 Å². The summed E-state index contributed by atoms with van der Waals surface area (Å²) in [4.78, 5) is 0. The number of hydrogen-bond donors (Lipinski definition) is 0. The highest BCUT2D eigenvalue weighted by Crippen LogP contribution is 2.28. The fourth-order valence-electron chi connectivity index (χ4n) is 3.32. The molecule has 0 heteroatoms. The van der Waals surface area contributed by atoms with Gasteiger partial charge in [-0.05, 0) is 43.3 Å². The zero-order chi connectivity index (χ0) is 15.2. The molecule has 0 aromatic heterocycles. The maximum absolute atomic E-state index is 2.48. The number of hydrogen-bond acceptors (Lipinski definition) is 0. The van der Waals surface area contributed by atoms with Crippen LogP contribution in [-0.2, 0) is 0 Å². The van der Waals surface area contributed by atoms with Gasteiger partial charge in [-0.15, -0.1) is 0 Å². The predicted molar refractivity (Wildman–Crippen MR) is 96.8 cm³/mol. The molecule has 21 heavy (non-hydrogen) atoms. The third-order valence-electron chi connectivity index (χ3n) is 4.74. The van der Waals surface area contributed by atoms with Crippen LogP contribution >= 0.6 is 0 Å². The van der Waals surface area contributed by atoms with Crippen molar-refractivity contribution in [3.05, 3.63) is 23.3 Å². The summed E-state index contributed by atoms with van der Waals surface area (Å²) in [5.41, 5.74) is 3.39. The van der Waals surface area contributed by atoms with Crippen LogP contribution in [0.4, 0.5) is 0 Å². The molecule has 1 aliphatic carbocycles. The lowest BCUT2D eigenvalue weighted by molar-refractivity contribution is 0.598. The van der Waals surface area contributed by atoms with E-state index in [0.29, 0.717) is 0 Å². The lowest BCUT2D eigenvalue weighted by Gasteiger charge is -2.09. The van der Waals surface area contributed by atoms with E-state index in [-0.39, 0.29) is 0 Å². The van der Waals surface area contributed by atoms with Gasteiger partial charge >= 0.3 is 0 Å². The largest absolute Gasteiger partial charge is 0.0772 e. The Kier molecular flexibility index (Phi) is 11.6. The molecule has 1 aliphatic rings. The molecule has 0 N–H and O–H groups in total. The van der Waals surface area contributed by atoms with Crippen molar-refractivity contribution in [2.24, 2.45) is 0 Å². The average molecular weight is 291 g/mol. The Morgan fingerprint density at radius 3 is 1.38 bits per heavy atom. The minimum atomic E-state index is 1.20. The first kappa shape index (κ1) is 18.5. The van der Waals surface area contributed by atoms with Gasteiger partial charge in [0.1, 0.15) is 0 Å². The Hall–Kier alpha value is -0.520. The maximum Gasteiger partial charge on any atom is -0.0157 e. The van der Waals surface area contributed by atoms with Crippen molar-refractivity contribution in [1.82, 2.24) is 0 Å². The second-order valence-electron chi connectivity index (χ2n) is 6.73. The number of rotatable bonds is 14. The summed E-state index contributed by atoms with van der Waals surface area (Å²) < 4.78 is 0. The van der Waals surface area contributed by atoms with Gasteiger partial charge in [-0.3, -0.25) is 0 Å². The fraction of sp³-hybridized carbons (Fsp3) is 0.810. The molecule has 0 saturated carbocycles. The molecular weight excluding hydrogens is 252 g/mol. The second kappa shape index (κ2) is 13.2. The van der Waals surface area contributed by atoms with Gasteiger partial charge in [0, 0.05) is 0 Å². The average Bonchev–Trinajstić information content (AvgIpc) is 2.94. The third kappa shape index (κ3) is 9.17. The van der Waals surface area contributed by atoms with Gasteiger partial charge < -0.3 is 0 Å². The summed E-state index contributed by atoms with van der Waals surface area (Å²) in [6.07, 6.45) is 25.9. The first-order valence-electron chi connectivity index (χ1n) is 9.77. The second-order valence-corrected chi connectivity index (χ2v) is 6.73. The van der Waals surface area contributed by atoms with Crippen LogP contribution in [0.25, 0.3) is 0 Å². The van der Waals surface area contributed by atoms with Crippen LogP contribution in [0.3, 0.4) is 0 Å². The van der Waals surface area contributed by atoms with Crippen LogP contribution in [0.5, 0.6) is 0 Å². The summed E-state index contributed by atoms with van der Waals surface area (Å²) in [6.45, 7) is 4.59. The van der Waals surface area contributed by atoms with Gasteiger partial charge in [0.2, 0.25) is 0 Å². The molecule has 0 fully saturated rings. The van der Waals surface area contributed by atoms with Crippen LogP contribution in [0.1, 0.15) is 110 Å². The summed E-state index contributed by atoms with van der Waals surface area (Å²) in [7, 11) is 0. The molecule has 0 saturated heterocycles. The van der Waals surface area contributed by atoms with E-state index in [4.69, 9.17) is 0 Å². The predicted octanol–water partition coefficient (Wildman–Crippen LogP) is 7.74. The monoisotopic (exact) mass is 290 g/mol. The van der Waals surface area contributed by atoms with Crippen LogP contribution in [0, 0.1) is 0 Å². The van der Waals surface area contributed by atoms with Gasteiger partial charge in [0.05, 0.1) is 0 Å². The summed E-state index contributed by atoms with van der Waals surface area (Å²) in [6, 6.07) is 0. The van der Waals surface area contributed by atoms with E-state index in [2.05, 4.69) is 26.0 Å². The Morgan fingerprint density at radius 2 is 0.952 bits per heavy atom. The molecule has 0 radical (unpaired) electrons. The molecule has 0 bridgehead atoms. The molecule has 0 amide bonds. The highest BCUT2D eigenvalue weighted by molar-refractivity contribution is 5.36. The molecule has 0 aliphatic heterocycles. The van der Waals surface area contributed by atoms with E-state index in [0.717, 1.165) is 0 Å². The molecule has 1 rings (SSSR count). The molecular formula is C21H38. The normalized spacial score (nSPS) is 14.4. The highest BCUT2D eigenvalue weighted by Gasteiger charge is 2.09. The van der Waals surface area contributed by atoms with Gasteiger partial charge in [-0.1, -0.05) is 90.2 Å². The van der Waals surface area contributed by atoms with E-state index < -0.39 is 0 Å². The van der Waals surface area contributed by atoms with Crippen molar-refractivity contribution in [2.45, 2.75) is 110 Å². The topological polar surface area (TPSA) is 0 Å². The van der Waals surface area contributed by atoms with Gasteiger partial charge in [-0.25, -0.2) is 0 Å². The van der Waals surface area contributed by atoms with E-state index in [1.165, 1.54) is 96.3 Å². The Morgan fingerprint density at radius 1 is 0.571 bits per heavy atom. The molecule has 0 unspecified atom stereocenters. The number of unbranched alkanes of at least 4 members (excludes halogenated alkanes) is 10. The van der Waals surface area contributed by atoms with E-state index in [1.807, 2.05) is 0 Å². The first-order valence-corrected chi connectivity index (χ1v) is 9.77. The molecule has 0 aromatic carbocycles. The summed E-state index contributed by atoms with van der Waals surface area (Å²) in [5, 5.41) is 0. The van der Waals surface area contributed by atoms with Gasteiger partial charge in [0.25, 0.3) is 0 Å². The zero-order valence-electron chi connectivity index (χ0n) is 14.8. The fourth-order valence-corrected chi connectivity index (χ4v) is 3.32. The Balaban J connectivity index is 2.03. The van der Waals surface area contributed by atoms with E-state index in [9.17, 15) is 0 Å². The minimum Gasteiger partial charge on any atom is -0.0772 e. The number of allylic oxidation sites excluding steroid dienone is 4. The summed E-state index contributed by atoms with van der Waals surface area (Å²) in [5.74, 6) is 0. The lowest BCUT2D eigenvalue weighted by Crippen LogP contribution is -1.89. The Bertz CT molecular complexity index is 265. The van der Waals surface area contributed by atoms with Crippen LogP contribution < -0.4 is 0 Å². The SMILES string of the molecule is CCCCCCCCC1=CCC=C1CCCCCCCC. The third-order valence-corrected chi connectivity index (χ3v) is 4.74. The smallest absolute Gasteiger partial charge is 0.0157 e. The van der Waals surface area contributed by atoms with E-state index in [1.54, 1.807) is 11.1 Å². The minimum absolute atomic E-state index is 1.20. The van der Waals surface area contributed by atoms with Gasteiger partial charge in [-0.2, -0.15) is 0 Å². The molecule has 0 heterocycles. The molecule has 0 nitrogen and oxygen atoms in total. The first-order chi connectivity index (χ1) is 10.4. The van der Waals surface area contributed by atoms with Crippen molar-refractivity contribution >= 4 is 0 Å². The Labute approximate surface area is 134 Å². The van der Waals surface area contributed by atoms with Crippen LogP contribution in [-0.4, -0.2) is 0 Å². The van der Waals surface area contributed by atoms with Crippen molar-refractivity contribution in [1.29, 1.82) is 0 Å². The zero-order valence-corrected chi connectivity index (χ0v) is 14.8. The lowest BCUT2D eigenvalue weighted by atomic mass is 9.97. The molecule has 0 spiro atoms. The van der Waals surface area contributed by atoms with Gasteiger partial charge in [0.15, 0.2) is 0 Å².